The molecular formula is C9H9ClINO3. The maximum Gasteiger partial charge on any atom is 0.320 e. The number of phenolic OH excluding ortho intramolecular Hbond substituents is 1. The highest BCUT2D eigenvalue weighted by atomic mass is 127. The van der Waals surface area contributed by atoms with Gasteiger partial charge in [0.15, 0.2) is 0 Å². The first-order valence-electron chi connectivity index (χ1n) is 4.07. The number of hydrogen-bond donors (Lipinski definition) is 3. The molecule has 82 valence electrons. The zero-order valence-electron chi connectivity index (χ0n) is 7.58. The van der Waals surface area contributed by atoms with Crippen molar-refractivity contribution in [2.75, 3.05) is 0 Å². The second-order valence-corrected chi connectivity index (χ2v) is 4.63. The van der Waals surface area contributed by atoms with E-state index in [0.717, 1.165) is 0 Å². The summed E-state index contributed by atoms with van der Waals surface area (Å²) in [4.78, 5) is 10.5. The van der Waals surface area contributed by atoms with Gasteiger partial charge in [-0.05, 0) is 46.7 Å². The lowest BCUT2D eigenvalue weighted by Crippen LogP contribution is -2.32. The van der Waals surface area contributed by atoms with Gasteiger partial charge in [-0.1, -0.05) is 11.6 Å². The van der Waals surface area contributed by atoms with E-state index in [4.69, 9.17) is 22.4 Å². The van der Waals surface area contributed by atoms with Gasteiger partial charge in [0, 0.05) is 0 Å². The Labute approximate surface area is 105 Å². The number of hydrogen-bond acceptors (Lipinski definition) is 3. The molecule has 4 nitrogen and oxygen atoms in total. The average Bonchev–Trinajstić information content (AvgIpc) is 2.13. The molecule has 0 saturated carbocycles. The maximum atomic E-state index is 10.5. The predicted octanol–water partition coefficient (Wildman–Crippen LogP) is 1.60. The Morgan fingerprint density at radius 3 is 2.67 bits per heavy atom. The highest BCUT2D eigenvalue weighted by Gasteiger charge is 2.14. The van der Waals surface area contributed by atoms with Crippen molar-refractivity contribution in [2.24, 2.45) is 5.73 Å². The Morgan fingerprint density at radius 1 is 1.60 bits per heavy atom. The molecule has 6 heteroatoms. The quantitative estimate of drug-likeness (QED) is 0.729. The number of rotatable bonds is 3. The van der Waals surface area contributed by atoms with Crippen LogP contribution in [0.4, 0.5) is 0 Å². The molecule has 0 spiro atoms. The second-order valence-electron chi connectivity index (χ2n) is 3.06. The molecular weight excluding hydrogens is 332 g/mol. The standard InChI is InChI=1S/C9H9ClINO3/c10-5-1-4(2-6(11)8(5)13)3-7(12)9(14)15/h1-2,7,13H,3,12H2,(H,14,15)/t7-/m0/s1. The number of phenols is 1. The van der Waals surface area contributed by atoms with Gasteiger partial charge in [0.1, 0.15) is 11.8 Å². The Kier molecular flexibility index (Phi) is 4.18. The third kappa shape index (κ3) is 3.22. The minimum Gasteiger partial charge on any atom is -0.505 e. The van der Waals surface area contributed by atoms with Crippen molar-refractivity contribution in [1.82, 2.24) is 0 Å². The summed E-state index contributed by atoms with van der Waals surface area (Å²) in [5.74, 6) is -1.06. The van der Waals surface area contributed by atoms with Crippen LogP contribution in [0.1, 0.15) is 5.56 Å². The van der Waals surface area contributed by atoms with Crippen molar-refractivity contribution < 1.29 is 15.0 Å². The molecule has 0 bridgehead atoms. The van der Waals surface area contributed by atoms with Crippen molar-refractivity contribution >= 4 is 40.2 Å². The van der Waals surface area contributed by atoms with E-state index in [2.05, 4.69) is 0 Å². The smallest absolute Gasteiger partial charge is 0.320 e. The molecule has 1 rings (SSSR count). The minimum atomic E-state index is -1.06. The topological polar surface area (TPSA) is 83.5 Å². The highest BCUT2D eigenvalue weighted by Crippen LogP contribution is 2.30. The molecule has 0 aliphatic heterocycles. The number of nitrogens with two attached hydrogens (primary N) is 1. The van der Waals surface area contributed by atoms with Crippen LogP contribution in [-0.2, 0) is 11.2 Å². The van der Waals surface area contributed by atoms with Crippen molar-refractivity contribution in [1.29, 1.82) is 0 Å². The number of carboxylic acid groups (broad SMARTS) is 1. The van der Waals surface area contributed by atoms with Crippen LogP contribution >= 0.6 is 34.2 Å². The summed E-state index contributed by atoms with van der Waals surface area (Å²) in [6.07, 6.45) is 0.186. The van der Waals surface area contributed by atoms with Gasteiger partial charge >= 0.3 is 5.97 Å². The van der Waals surface area contributed by atoms with Gasteiger partial charge in [-0.25, -0.2) is 0 Å². The third-order valence-corrected chi connectivity index (χ3v) is 2.96. The van der Waals surface area contributed by atoms with Crippen LogP contribution in [0.5, 0.6) is 5.75 Å². The van der Waals surface area contributed by atoms with Crippen molar-refractivity contribution in [3.63, 3.8) is 0 Å². The summed E-state index contributed by atoms with van der Waals surface area (Å²) >= 11 is 7.66. The van der Waals surface area contributed by atoms with E-state index >= 15 is 0 Å². The first-order chi connectivity index (χ1) is 6.91. The van der Waals surface area contributed by atoms with E-state index < -0.39 is 12.0 Å². The number of carboxylic acids is 1. The molecule has 0 fully saturated rings. The summed E-state index contributed by atoms with van der Waals surface area (Å²) in [6, 6.07) is 2.22. The average molecular weight is 342 g/mol. The van der Waals surface area contributed by atoms with Crippen LogP contribution in [0.25, 0.3) is 0 Å². The highest BCUT2D eigenvalue weighted by molar-refractivity contribution is 14.1. The van der Waals surface area contributed by atoms with E-state index in [1.165, 1.54) is 6.07 Å². The summed E-state index contributed by atoms with van der Waals surface area (Å²) in [5, 5.41) is 18.2. The van der Waals surface area contributed by atoms with Crippen molar-refractivity contribution in [3.05, 3.63) is 26.3 Å². The molecule has 1 aromatic rings. The summed E-state index contributed by atoms with van der Waals surface area (Å²) in [6.45, 7) is 0. The molecule has 0 aliphatic rings. The number of aliphatic carboxylic acids is 1. The Balaban J connectivity index is 2.92. The van der Waals surface area contributed by atoms with E-state index in [0.29, 0.717) is 9.13 Å². The van der Waals surface area contributed by atoms with Gasteiger partial charge in [-0.2, -0.15) is 0 Å². The number of benzene rings is 1. The van der Waals surface area contributed by atoms with Crippen molar-refractivity contribution in [3.8, 4) is 5.75 Å². The third-order valence-electron chi connectivity index (χ3n) is 1.85. The monoisotopic (exact) mass is 341 g/mol. The molecule has 0 aliphatic carbocycles. The van der Waals surface area contributed by atoms with E-state index in [1.54, 1.807) is 6.07 Å². The molecule has 0 heterocycles. The first-order valence-corrected chi connectivity index (χ1v) is 5.52. The molecule has 0 radical (unpaired) electrons. The normalized spacial score (nSPS) is 12.5. The van der Waals surface area contributed by atoms with Crippen LogP contribution in [0.3, 0.4) is 0 Å². The molecule has 0 amide bonds. The fraction of sp³-hybridized carbons (Fsp3) is 0.222. The molecule has 0 aromatic heterocycles. The fourth-order valence-electron chi connectivity index (χ4n) is 1.08. The van der Waals surface area contributed by atoms with Gasteiger partial charge < -0.3 is 15.9 Å². The Morgan fingerprint density at radius 2 is 2.20 bits per heavy atom. The first kappa shape index (κ1) is 12.5. The Hall–Kier alpha value is -0.530. The lowest BCUT2D eigenvalue weighted by molar-refractivity contribution is -0.138. The summed E-state index contributed by atoms with van der Waals surface area (Å²) < 4.78 is 0.577. The van der Waals surface area contributed by atoms with E-state index in [1.807, 2.05) is 22.6 Å². The lowest BCUT2D eigenvalue weighted by atomic mass is 10.1. The van der Waals surface area contributed by atoms with Gasteiger partial charge in [-0.15, -0.1) is 0 Å². The summed E-state index contributed by atoms with van der Waals surface area (Å²) in [7, 11) is 0. The number of carbonyl (C=O) groups is 1. The van der Waals surface area contributed by atoms with Crippen LogP contribution in [0, 0.1) is 3.57 Å². The number of halogens is 2. The Bertz CT molecular complexity index is 374. The van der Waals surface area contributed by atoms with Crippen LogP contribution in [0.2, 0.25) is 5.02 Å². The van der Waals surface area contributed by atoms with Crippen LogP contribution in [0.15, 0.2) is 12.1 Å². The minimum absolute atomic E-state index is 0.00455. The largest absolute Gasteiger partial charge is 0.505 e. The second kappa shape index (κ2) is 5.00. The lowest BCUT2D eigenvalue weighted by Gasteiger charge is -2.08. The van der Waals surface area contributed by atoms with Crippen molar-refractivity contribution in [2.45, 2.75) is 12.5 Å². The molecule has 0 saturated heterocycles. The zero-order chi connectivity index (χ0) is 11.6. The molecule has 4 N–H and O–H groups in total. The van der Waals surface area contributed by atoms with Gasteiger partial charge in [-0.3, -0.25) is 4.79 Å². The molecule has 0 unspecified atom stereocenters. The maximum absolute atomic E-state index is 10.5. The van der Waals surface area contributed by atoms with Gasteiger partial charge in [0.25, 0.3) is 0 Å². The van der Waals surface area contributed by atoms with Crippen LogP contribution < -0.4 is 5.73 Å². The van der Waals surface area contributed by atoms with Gasteiger partial charge in [0.05, 0.1) is 8.59 Å². The molecule has 1 aromatic carbocycles. The molecule has 15 heavy (non-hydrogen) atoms. The SMILES string of the molecule is N[C@@H](Cc1cc(Cl)c(O)c(I)c1)C(=O)O. The zero-order valence-corrected chi connectivity index (χ0v) is 10.5. The van der Waals surface area contributed by atoms with E-state index in [-0.39, 0.29) is 17.2 Å². The van der Waals surface area contributed by atoms with Crippen LogP contribution in [-0.4, -0.2) is 22.2 Å². The van der Waals surface area contributed by atoms with Gasteiger partial charge in [0.2, 0.25) is 0 Å². The molecule has 1 atom stereocenters. The summed E-state index contributed by atoms with van der Waals surface area (Å²) in [5.41, 5.74) is 6.07. The fourth-order valence-corrected chi connectivity index (χ4v) is 2.17. The van der Waals surface area contributed by atoms with E-state index in [9.17, 15) is 9.90 Å². The predicted molar refractivity (Wildman–Crippen MR) is 65.1 cm³/mol. The number of aromatic hydroxyl groups is 1.